The summed E-state index contributed by atoms with van der Waals surface area (Å²) < 4.78 is 11.0. The van der Waals surface area contributed by atoms with Gasteiger partial charge < -0.3 is 19.7 Å². The predicted octanol–water partition coefficient (Wildman–Crippen LogP) is 6.61. The van der Waals surface area contributed by atoms with E-state index >= 15 is 0 Å². The highest BCUT2D eigenvalue weighted by atomic mass is 16.5. The number of rotatable bonds is 7. The van der Waals surface area contributed by atoms with Gasteiger partial charge in [0, 0.05) is 11.1 Å². The first kappa shape index (κ1) is 22.9. The Labute approximate surface area is 175 Å². The maximum absolute atomic E-state index is 11.0. The molecule has 4 heteroatoms. The van der Waals surface area contributed by atoms with E-state index in [4.69, 9.17) is 9.47 Å². The molecule has 0 bridgehead atoms. The Morgan fingerprint density at radius 2 is 1.28 bits per heavy atom. The highest BCUT2D eigenvalue weighted by Crippen LogP contribution is 2.49. The average molecular weight is 401 g/mol. The summed E-state index contributed by atoms with van der Waals surface area (Å²) in [6.07, 6.45) is 0. The van der Waals surface area contributed by atoms with Crippen molar-refractivity contribution in [2.45, 2.75) is 60.3 Å². The molecule has 2 aromatic rings. The standard InChI is InChI=1S/C25H36O4/c1-13(2)15(5)18-10-20(23(26)22(11-18)28-8)21-12-19(16(6)14(3)4)17(7)25(29-9)24(21)27/h10-16,26-27H,1-9H3. The van der Waals surface area contributed by atoms with E-state index in [1.54, 1.807) is 14.2 Å². The Morgan fingerprint density at radius 1 is 0.724 bits per heavy atom. The molecule has 0 heterocycles. The van der Waals surface area contributed by atoms with Crippen molar-refractivity contribution < 1.29 is 19.7 Å². The van der Waals surface area contributed by atoms with Crippen LogP contribution in [0.3, 0.4) is 0 Å². The van der Waals surface area contributed by atoms with Gasteiger partial charge in [0.05, 0.1) is 14.2 Å². The van der Waals surface area contributed by atoms with Crippen molar-refractivity contribution in [1.29, 1.82) is 0 Å². The summed E-state index contributed by atoms with van der Waals surface area (Å²) in [6, 6.07) is 5.82. The van der Waals surface area contributed by atoms with E-state index in [2.05, 4.69) is 41.5 Å². The van der Waals surface area contributed by atoms with Crippen LogP contribution in [-0.4, -0.2) is 24.4 Å². The SMILES string of the molecule is COc1cc(C(C)C(C)C)cc(-c2cc(C(C)C(C)C)c(C)c(OC)c2O)c1O. The van der Waals surface area contributed by atoms with Crippen molar-refractivity contribution in [3.63, 3.8) is 0 Å². The van der Waals surface area contributed by atoms with Gasteiger partial charge in [-0.1, -0.05) is 41.5 Å². The molecule has 0 radical (unpaired) electrons. The van der Waals surface area contributed by atoms with Crippen LogP contribution in [0, 0.1) is 18.8 Å². The molecule has 29 heavy (non-hydrogen) atoms. The quantitative estimate of drug-likeness (QED) is 0.549. The van der Waals surface area contributed by atoms with Crippen molar-refractivity contribution in [1.82, 2.24) is 0 Å². The fraction of sp³-hybridized carbons (Fsp3) is 0.520. The zero-order valence-electron chi connectivity index (χ0n) is 19.3. The van der Waals surface area contributed by atoms with Gasteiger partial charge in [-0.15, -0.1) is 0 Å². The Kier molecular flexibility index (Phi) is 7.10. The van der Waals surface area contributed by atoms with E-state index in [0.29, 0.717) is 34.5 Å². The lowest BCUT2D eigenvalue weighted by atomic mass is 9.83. The Balaban J connectivity index is 2.85. The normalized spacial score (nSPS) is 13.6. The second-order valence-corrected chi connectivity index (χ2v) is 8.70. The summed E-state index contributed by atoms with van der Waals surface area (Å²) in [4.78, 5) is 0. The summed E-state index contributed by atoms with van der Waals surface area (Å²) >= 11 is 0. The molecular weight excluding hydrogens is 364 g/mol. The maximum Gasteiger partial charge on any atom is 0.166 e. The van der Waals surface area contributed by atoms with Crippen molar-refractivity contribution in [2.75, 3.05) is 14.2 Å². The zero-order chi connectivity index (χ0) is 22.0. The molecule has 0 aromatic heterocycles. The molecule has 0 spiro atoms. The molecule has 0 aliphatic heterocycles. The number of benzene rings is 2. The van der Waals surface area contributed by atoms with Crippen molar-refractivity contribution in [3.05, 3.63) is 34.9 Å². The van der Waals surface area contributed by atoms with Crippen LogP contribution in [0.15, 0.2) is 18.2 Å². The second-order valence-electron chi connectivity index (χ2n) is 8.70. The summed E-state index contributed by atoms with van der Waals surface area (Å²) in [6.45, 7) is 15.0. The second kappa shape index (κ2) is 8.98. The van der Waals surface area contributed by atoms with Crippen LogP contribution in [-0.2, 0) is 0 Å². The largest absolute Gasteiger partial charge is 0.504 e. The van der Waals surface area contributed by atoms with Gasteiger partial charge in [-0.2, -0.15) is 0 Å². The molecule has 2 aromatic carbocycles. The molecule has 0 amide bonds. The maximum atomic E-state index is 11.0. The highest BCUT2D eigenvalue weighted by molar-refractivity contribution is 5.82. The van der Waals surface area contributed by atoms with Gasteiger partial charge >= 0.3 is 0 Å². The van der Waals surface area contributed by atoms with Crippen molar-refractivity contribution in [3.8, 4) is 34.1 Å². The average Bonchev–Trinajstić information content (AvgIpc) is 2.67. The van der Waals surface area contributed by atoms with Gasteiger partial charge in [0.1, 0.15) is 0 Å². The molecular formula is C25H36O4. The van der Waals surface area contributed by atoms with Gasteiger partial charge in [0.25, 0.3) is 0 Å². The van der Waals surface area contributed by atoms with Crippen LogP contribution in [0.25, 0.3) is 11.1 Å². The van der Waals surface area contributed by atoms with Crippen LogP contribution in [0.5, 0.6) is 23.0 Å². The lowest BCUT2D eigenvalue weighted by Gasteiger charge is -2.24. The Hall–Kier alpha value is -2.36. The summed E-state index contributed by atoms with van der Waals surface area (Å²) in [5.74, 6) is 2.30. The number of hydrogen-bond donors (Lipinski definition) is 2. The van der Waals surface area contributed by atoms with Crippen molar-refractivity contribution >= 4 is 0 Å². The molecule has 2 rings (SSSR count). The molecule has 2 atom stereocenters. The van der Waals surface area contributed by atoms with Gasteiger partial charge in [0.15, 0.2) is 23.0 Å². The van der Waals surface area contributed by atoms with Gasteiger partial charge in [-0.3, -0.25) is 0 Å². The number of methoxy groups -OCH3 is 2. The molecule has 4 nitrogen and oxygen atoms in total. The number of aromatic hydroxyl groups is 2. The molecule has 2 N–H and O–H groups in total. The lowest BCUT2D eigenvalue weighted by molar-refractivity contribution is 0.367. The van der Waals surface area contributed by atoms with Crippen LogP contribution in [0.1, 0.15) is 70.1 Å². The van der Waals surface area contributed by atoms with Gasteiger partial charge in [0.2, 0.25) is 0 Å². The molecule has 0 saturated heterocycles. The summed E-state index contributed by atoms with van der Waals surface area (Å²) in [5.41, 5.74) is 4.20. The fourth-order valence-electron chi connectivity index (χ4n) is 3.69. The third-order valence-electron chi connectivity index (χ3n) is 6.37. The fourth-order valence-corrected chi connectivity index (χ4v) is 3.69. The first-order valence-corrected chi connectivity index (χ1v) is 10.4. The monoisotopic (exact) mass is 400 g/mol. The summed E-state index contributed by atoms with van der Waals surface area (Å²) in [7, 11) is 3.11. The zero-order valence-corrected chi connectivity index (χ0v) is 19.3. The molecule has 160 valence electrons. The van der Waals surface area contributed by atoms with E-state index in [9.17, 15) is 10.2 Å². The highest BCUT2D eigenvalue weighted by Gasteiger charge is 2.25. The van der Waals surface area contributed by atoms with Gasteiger partial charge in [-0.05, 0) is 65.5 Å². The minimum absolute atomic E-state index is 0.0246. The number of ether oxygens (including phenoxy) is 2. The molecule has 0 aliphatic carbocycles. The van der Waals surface area contributed by atoms with Crippen LogP contribution >= 0.6 is 0 Å². The topological polar surface area (TPSA) is 58.9 Å². The van der Waals surface area contributed by atoms with E-state index < -0.39 is 0 Å². The van der Waals surface area contributed by atoms with Gasteiger partial charge in [-0.25, -0.2) is 0 Å². The third-order valence-corrected chi connectivity index (χ3v) is 6.37. The first-order valence-electron chi connectivity index (χ1n) is 10.4. The number of phenols is 2. The van der Waals surface area contributed by atoms with Crippen LogP contribution in [0.2, 0.25) is 0 Å². The Bertz CT molecular complexity index is 868. The summed E-state index contributed by atoms with van der Waals surface area (Å²) in [5, 5.41) is 21.9. The van der Waals surface area contributed by atoms with Crippen LogP contribution in [0.4, 0.5) is 0 Å². The molecule has 2 unspecified atom stereocenters. The third kappa shape index (κ3) is 4.31. The smallest absolute Gasteiger partial charge is 0.166 e. The number of phenolic OH excluding ortho intramolecular Hbond substituents is 2. The molecule has 0 aliphatic rings. The predicted molar refractivity (Wildman–Crippen MR) is 120 cm³/mol. The Morgan fingerprint density at radius 3 is 1.76 bits per heavy atom. The molecule has 0 fully saturated rings. The first-order chi connectivity index (χ1) is 13.5. The van der Waals surface area contributed by atoms with Crippen LogP contribution < -0.4 is 9.47 Å². The minimum Gasteiger partial charge on any atom is -0.504 e. The van der Waals surface area contributed by atoms with E-state index in [1.165, 1.54) is 0 Å². The minimum atomic E-state index is 0.0246. The van der Waals surface area contributed by atoms with E-state index in [1.807, 2.05) is 25.1 Å². The lowest BCUT2D eigenvalue weighted by Crippen LogP contribution is -2.07. The number of hydrogen-bond acceptors (Lipinski definition) is 4. The van der Waals surface area contributed by atoms with Crippen molar-refractivity contribution in [2.24, 2.45) is 11.8 Å². The van der Waals surface area contributed by atoms with E-state index in [-0.39, 0.29) is 23.3 Å². The van der Waals surface area contributed by atoms with E-state index in [0.717, 1.165) is 16.7 Å². The molecule has 0 saturated carbocycles.